The van der Waals surface area contributed by atoms with Crippen LogP contribution in [0, 0.1) is 11.2 Å². The van der Waals surface area contributed by atoms with Gasteiger partial charge in [-0.1, -0.05) is 13.8 Å². The average molecular weight is 238 g/mol. The molecule has 0 radical (unpaired) electrons. The van der Waals surface area contributed by atoms with Gasteiger partial charge in [0.05, 0.1) is 18.0 Å². The molecule has 1 fully saturated rings. The predicted octanol–water partition coefficient (Wildman–Crippen LogP) is 3.02. The fraction of sp³-hybridized carbons (Fsp3) is 0.538. The Morgan fingerprint density at radius 3 is 2.71 bits per heavy atom. The smallest absolute Gasteiger partial charge is 0.167 e. The first-order valence-corrected chi connectivity index (χ1v) is 5.92. The van der Waals surface area contributed by atoms with Crippen molar-refractivity contribution in [2.75, 3.05) is 17.7 Å². The first kappa shape index (κ1) is 12.0. The molecule has 17 heavy (non-hydrogen) atoms. The molecule has 1 aromatic carbocycles. The van der Waals surface area contributed by atoms with Crippen molar-refractivity contribution in [3.05, 3.63) is 17.9 Å². The van der Waals surface area contributed by atoms with Gasteiger partial charge in [-0.05, 0) is 18.8 Å². The minimum absolute atomic E-state index is 0.252. The summed E-state index contributed by atoms with van der Waals surface area (Å²) in [5.41, 5.74) is 7.27. The summed E-state index contributed by atoms with van der Waals surface area (Å²) in [6, 6.07) is 3.36. The van der Waals surface area contributed by atoms with Crippen molar-refractivity contribution in [2.45, 2.75) is 33.2 Å². The van der Waals surface area contributed by atoms with E-state index in [-0.39, 0.29) is 5.75 Å². The fourth-order valence-corrected chi connectivity index (χ4v) is 1.86. The van der Waals surface area contributed by atoms with E-state index in [1.54, 1.807) is 6.07 Å². The minimum atomic E-state index is -0.412. The first-order valence-electron chi connectivity index (χ1n) is 5.92. The molecule has 94 valence electrons. The van der Waals surface area contributed by atoms with Crippen LogP contribution in [0.15, 0.2) is 12.1 Å². The Bertz CT molecular complexity index is 432. The van der Waals surface area contributed by atoms with Crippen LogP contribution in [0.5, 0.6) is 5.75 Å². The lowest BCUT2D eigenvalue weighted by atomic mass is 10.2. The van der Waals surface area contributed by atoms with Gasteiger partial charge in [0.2, 0.25) is 0 Å². The summed E-state index contributed by atoms with van der Waals surface area (Å²) in [7, 11) is 0. The van der Waals surface area contributed by atoms with Crippen molar-refractivity contribution in [1.29, 1.82) is 0 Å². The lowest BCUT2D eigenvalue weighted by Crippen LogP contribution is -2.10. The number of anilines is 2. The summed E-state index contributed by atoms with van der Waals surface area (Å²) in [4.78, 5) is 0. The molecule has 1 atom stereocenters. The summed E-state index contributed by atoms with van der Waals surface area (Å²) < 4.78 is 18.7. The molecule has 1 unspecified atom stereocenters. The van der Waals surface area contributed by atoms with E-state index < -0.39 is 5.82 Å². The summed E-state index contributed by atoms with van der Waals surface area (Å²) in [6.07, 6.45) is 1.10. The summed E-state index contributed by atoms with van der Waals surface area (Å²) >= 11 is 0. The number of rotatable bonds is 4. The Kier molecular flexibility index (Phi) is 2.89. The van der Waals surface area contributed by atoms with Gasteiger partial charge < -0.3 is 15.8 Å². The molecule has 4 heteroatoms. The zero-order valence-electron chi connectivity index (χ0n) is 10.5. The second kappa shape index (κ2) is 4.09. The molecule has 0 bridgehead atoms. The van der Waals surface area contributed by atoms with Crippen LogP contribution in [0.2, 0.25) is 0 Å². The highest BCUT2D eigenvalue weighted by Gasteiger charge is 2.45. The summed E-state index contributed by atoms with van der Waals surface area (Å²) in [5.74, 6) is -0.160. The Morgan fingerprint density at radius 2 is 2.18 bits per heavy atom. The maximum absolute atomic E-state index is 13.5. The van der Waals surface area contributed by atoms with E-state index in [0.717, 1.165) is 12.1 Å². The molecule has 2 rings (SSSR count). The lowest BCUT2D eigenvalue weighted by molar-refractivity contribution is 0.322. The number of hydrogen-bond acceptors (Lipinski definition) is 3. The first-order chi connectivity index (χ1) is 7.94. The average Bonchev–Trinajstić information content (AvgIpc) is 2.82. The van der Waals surface area contributed by atoms with E-state index in [1.165, 1.54) is 6.07 Å². The third kappa shape index (κ3) is 2.46. The second-order valence-corrected chi connectivity index (χ2v) is 5.19. The van der Waals surface area contributed by atoms with Crippen LogP contribution < -0.4 is 15.8 Å². The van der Waals surface area contributed by atoms with Crippen LogP contribution in [0.4, 0.5) is 15.8 Å². The molecule has 0 aromatic heterocycles. The van der Waals surface area contributed by atoms with Gasteiger partial charge in [-0.25, -0.2) is 4.39 Å². The van der Waals surface area contributed by atoms with E-state index in [4.69, 9.17) is 10.5 Å². The van der Waals surface area contributed by atoms with Gasteiger partial charge in [-0.3, -0.25) is 0 Å². The fourth-order valence-electron chi connectivity index (χ4n) is 1.86. The quantitative estimate of drug-likeness (QED) is 0.793. The molecule has 1 aliphatic rings. The van der Waals surface area contributed by atoms with Crippen LogP contribution >= 0.6 is 0 Å². The van der Waals surface area contributed by atoms with Gasteiger partial charge in [-0.15, -0.1) is 0 Å². The minimum Gasteiger partial charge on any atom is -0.491 e. The van der Waals surface area contributed by atoms with E-state index in [2.05, 4.69) is 19.2 Å². The molecule has 1 aliphatic carbocycles. The van der Waals surface area contributed by atoms with Crippen molar-refractivity contribution >= 4 is 11.4 Å². The highest BCUT2D eigenvalue weighted by molar-refractivity contribution is 5.69. The molecule has 1 aromatic rings. The molecule has 0 aliphatic heterocycles. The maximum atomic E-state index is 13.5. The lowest BCUT2D eigenvalue weighted by Gasteiger charge is -2.13. The van der Waals surface area contributed by atoms with Crippen LogP contribution in [0.25, 0.3) is 0 Å². The van der Waals surface area contributed by atoms with E-state index >= 15 is 0 Å². The van der Waals surface area contributed by atoms with Gasteiger partial charge in [0.1, 0.15) is 0 Å². The van der Waals surface area contributed by atoms with Crippen molar-refractivity contribution < 1.29 is 9.13 Å². The van der Waals surface area contributed by atoms with Crippen molar-refractivity contribution in [2.24, 2.45) is 5.41 Å². The van der Waals surface area contributed by atoms with Gasteiger partial charge in [0, 0.05) is 18.2 Å². The normalized spacial score (nSPS) is 21.1. The third-order valence-corrected chi connectivity index (χ3v) is 3.25. The van der Waals surface area contributed by atoms with Gasteiger partial charge >= 0.3 is 0 Å². The maximum Gasteiger partial charge on any atom is 0.167 e. The molecule has 0 heterocycles. The van der Waals surface area contributed by atoms with Crippen molar-refractivity contribution in [3.63, 3.8) is 0 Å². The van der Waals surface area contributed by atoms with Crippen molar-refractivity contribution in [1.82, 2.24) is 0 Å². The molecular formula is C13H19FN2O. The van der Waals surface area contributed by atoms with Crippen LogP contribution in [0.3, 0.4) is 0 Å². The van der Waals surface area contributed by atoms with Crippen LogP contribution in [0.1, 0.15) is 27.2 Å². The van der Waals surface area contributed by atoms with Gasteiger partial charge in [0.15, 0.2) is 11.6 Å². The zero-order valence-corrected chi connectivity index (χ0v) is 10.5. The number of halogens is 1. The Labute approximate surface area is 101 Å². The van der Waals surface area contributed by atoms with Gasteiger partial charge in [0.25, 0.3) is 0 Å². The monoisotopic (exact) mass is 238 g/mol. The molecule has 0 spiro atoms. The predicted molar refractivity (Wildman–Crippen MR) is 67.8 cm³/mol. The van der Waals surface area contributed by atoms with E-state index in [9.17, 15) is 4.39 Å². The highest BCUT2D eigenvalue weighted by atomic mass is 19.1. The highest BCUT2D eigenvalue weighted by Crippen LogP contribution is 2.47. The summed E-state index contributed by atoms with van der Waals surface area (Å²) in [5, 5.41) is 3.33. The standard InChI is InChI=1S/C13H19FN2O/c1-4-17-11-6-10(9(15)5-8(11)14)16-12-7-13(12,2)3/h5-6,12,16H,4,7,15H2,1-3H3. The largest absolute Gasteiger partial charge is 0.491 e. The van der Waals surface area contributed by atoms with E-state index in [0.29, 0.717) is 23.8 Å². The van der Waals surface area contributed by atoms with Crippen molar-refractivity contribution in [3.8, 4) is 5.75 Å². The molecule has 0 amide bonds. The van der Waals surface area contributed by atoms with Gasteiger partial charge in [-0.2, -0.15) is 0 Å². The van der Waals surface area contributed by atoms with Crippen LogP contribution in [-0.4, -0.2) is 12.6 Å². The Morgan fingerprint density at radius 1 is 1.53 bits per heavy atom. The zero-order chi connectivity index (χ0) is 12.6. The van der Waals surface area contributed by atoms with E-state index in [1.807, 2.05) is 6.92 Å². The third-order valence-electron chi connectivity index (χ3n) is 3.25. The SMILES string of the molecule is CCOc1cc(NC2CC2(C)C)c(N)cc1F. The Balaban J connectivity index is 2.18. The molecule has 3 nitrogen and oxygen atoms in total. The van der Waals surface area contributed by atoms with Crippen LogP contribution in [-0.2, 0) is 0 Å². The number of nitrogens with two attached hydrogens (primary N) is 1. The summed E-state index contributed by atoms with van der Waals surface area (Å²) in [6.45, 7) is 6.64. The number of nitrogen functional groups attached to an aromatic ring is 1. The number of ether oxygens (including phenoxy) is 1. The second-order valence-electron chi connectivity index (χ2n) is 5.19. The molecular weight excluding hydrogens is 219 g/mol. The number of hydrogen-bond donors (Lipinski definition) is 2. The molecule has 1 saturated carbocycles. The Hall–Kier alpha value is -1.45. The topological polar surface area (TPSA) is 47.3 Å². The number of nitrogens with one attached hydrogen (secondary N) is 1. The number of benzene rings is 1. The molecule has 0 saturated heterocycles. The molecule has 3 N–H and O–H groups in total.